The van der Waals surface area contributed by atoms with Crippen molar-refractivity contribution in [2.45, 2.75) is 46.5 Å². The lowest BCUT2D eigenvalue weighted by Crippen LogP contribution is -2.34. The first-order valence-corrected chi connectivity index (χ1v) is 9.74. The number of aliphatic hydroxyl groups excluding tert-OH is 1. The van der Waals surface area contributed by atoms with E-state index in [0.29, 0.717) is 24.4 Å². The van der Waals surface area contributed by atoms with Gasteiger partial charge in [0.2, 0.25) is 0 Å². The minimum Gasteiger partial charge on any atom is -0.504 e. The van der Waals surface area contributed by atoms with E-state index in [4.69, 9.17) is 9.47 Å². The smallest absolute Gasteiger partial charge is 0.348 e. The number of carbonyl (C=O) groups excluding carboxylic acids is 2. The van der Waals surface area contributed by atoms with Gasteiger partial charge < -0.3 is 19.5 Å². The van der Waals surface area contributed by atoms with Gasteiger partial charge in [-0.05, 0) is 37.5 Å². The summed E-state index contributed by atoms with van der Waals surface area (Å²) in [6.45, 7) is 7.01. The fourth-order valence-corrected chi connectivity index (χ4v) is 3.02. The van der Waals surface area contributed by atoms with Gasteiger partial charge in [-0.25, -0.2) is 4.79 Å². The first kappa shape index (κ1) is 21.5. The molecule has 1 aromatic rings. The Bertz CT molecular complexity index is 769. The molecule has 6 nitrogen and oxygen atoms in total. The van der Waals surface area contributed by atoms with Crippen molar-refractivity contribution in [1.82, 2.24) is 4.90 Å². The molecule has 0 aliphatic carbocycles. The average Bonchev–Trinajstić information content (AvgIpc) is 3.01. The van der Waals surface area contributed by atoms with Crippen molar-refractivity contribution in [1.29, 1.82) is 0 Å². The molecule has 0 saturated heterocycles. The predicted octanol–water partition coefficient (Wildman–Crippen LogP) is 4.22. The molecular weight excluding hydrogens is 358 g/mol. The fraction of sp³-hybridized carbons (Fsp3) is 0.455. The van der Waals surface area contributed by atoms with Crippen molar-refractivity contribution in [3.63, 3.8) is 0 Å². The SMILES string of the molecule is CCCCN(CCCC)C(=O)/C(C)=C1/OC(=O)C(c2ccc(OC)cc2)=C1O. The van der Waals surface area contributed by atoms with Crippen LogP contribution in [0.3, 0.4) is 0 Å². The second-order valence-corrected chi connectivity index (χ2v) is 6.80. The lowest BCUT2D eigenvalue weighted by molar-refractivity contribution is -0.131. The average molecular weight is 387 g/mol. The molecular formula is C22H29NO5. The predicted molar refractivity (Wildman–Crippen MR) is 108 cm³/mol. The van der Waals surface area contributed by atoms with E-state index in [9.17, 15) is 14.7 Å². The highest BCUT2D eigenvalue weighted by molar-refractivity contribution is 6.21. The van der Waals surface area contributed by atoms with E-state index < -0.39 is 5.97 Å². The summed E-state index contributed by atoms with van der Waals surface area (Å²) in [5.74, 6) is -0.601. The Labute approximate surface area is 166 Å². The monoisotopic (exact) mass is 387 g/mol. The normalized spacial score (nSPS) is 15.5. The Hall–Kier alpha value is -2.76. The number of methoxy groups -OCH3 is 1. The number of rotatable bonds is 9. The number of unbranched alkanes of at least 4 members (excludes halogenated alkanes) is 2. The maximum Gasteiger partial charge on any atom is 0.348 e. The van der Waals surface area contributed by atoms with Crippen LogP contribution in [0.2, 0.25) is 0 Å². The zero-order valence-corrected chi connectivity index (χ0v) is 17.1. The zero-order chi connectivity index (χ0) is 20.7. The molecule has 1 aliphatic heterocycles. The quantitative estimate of drug-likeness (QED) is 0.507. The van der Waals surface area contributed by atoms with E-state index in [-0.39, 0.29) is 28.6 Å². The third-order valence-electron chi connectivity index (χ3n) is 4.74. The number of ether oxygens (including phenoxy) is 2. The third-order valence-corrected chi connectivity index (χ3v) is 4.74. The molecule has 1 amide bonds. The fourth-order valence-electron chi connectivity index (χ4n) is 3.02. The molecule has 0 spiro atoms. The second-order valence-electron chi connectivity index (χ2n) is 6.80. The summed E-state index contributed by atoms with van der Waals surface area (Å²) < 4.78 is 10.4. The summed E-state index contributed by atoms with van der Waals surface area (Å²) in [5, 5.41) is 10.6. The van der Waals surface area contributed by atoms with Crippen molar-refractivity contribution in [3.05, 3.63) is 46.9 Å². The van der Waals surface area contributed by atoms with Gasteiger partial charge in [0.1, 0.15) is 11.3 Å². The molecule has 28 heavy (non-hydrogen) atoms. The number of amides is 1. The lowest BCUT2D eigenvalue weighted by atomic mass is 10.0. The summed E-state index contributed by atoms with van der Waals surface area (Å²) in [7, 11) is 1.55. The van der Waals surface area contributed by atoms with Crippen LogP contribution in [0.1, 0.15) is 52.0 Å². The molecule has 0 atom stereocenters. The minimum atomic E-state index is -0.668. The summed E-state index contributed by atoms with van der Waals surface area (Å²) >= 11 is 0. The molecule has 0 unspecified atom stereocenters. The van der Waals surface area contributed by atoms with E-state index in [1.807, 2.05) is 0 Å². The van der Waals surface area contributed by atoms with Crippen LogP contribution in [0.25, 0.3) is 5.57 Å². The highest BCUT2D eigenvalue weighted by Crippen LogP contribution is 2.34. The molecule has 6 heteroatoms. The van der Waals surface area contributed by atoms with E-state index >= 15 is 0 Å². The molecule has 0 aromatic heterocycles. The number of hydrogen-bond donors (Lipinski definition) is 1. The Morgan fingerprint density at radius 1 is 1.11 bits per heavy atom. The van der Waals surface area contributed by atoms with E-state index in [2.05, 4.69) is 13.8 Å². The number of aliphatic hydroxyl groups is 1. The van der Waals surface area contributed by atoms with Crippen LogP contribution in [-0.2, 0) is 14.3 Å². The highest BCUT2D eigenvalue weighted by Gasteiger charge is 2.34. The Morgan fingerprint density at radius 2 is 1.68 bits per heavy atom. The first-order chi connectivity index (χ1) is 13.4. The van der Waals surface area contributed by atoms with Gasteiger partial charge in [0, 0.05) is 13.1 Å². The van der Waals surface area contributed by atoms with Crippen molar-refractivity contribution in [2.75, 3.05) is 20.2 Å². The standard InChI is InChI=1S/C22H29NO5/c1-5-7-13-23(14-8-6-2)21(25)15(3)20-19(24)18(22(26)28-20)16-9-11-17(27-4)12-10-16/h9-12,24H,5-8,13-14H2,1-4H3/b20-15+. The summed E-state index contributed by atoms with van der Waals surface area (Å²) in [4.78, 5) is 27.1. The van der Waals surface area contributed by atoms with Crippen molar-refractivity contribution >= 4 is 17.4 Å². The van der Waals surface area contributed by atoms with Crippen molar-refractivity contribution in [2.24, 2.45) is 0 Å². The lowest BCUT2D eigenvalue weighted by Gasteiger charge is -2.23. The maximum atomic E-state index is 12.9. The number of esters is 1. The molecule has 1 heterocycles. The molecule has 0 saturated carbocycles. The zero-order valence-electron chi connectivity index (χ0n) is 17.1. The molecule has 1 N–H and O–H groups in total. The van der Waals surface area contributed by atoms with Crippen LogP contribution in [-0.4, -0.2) is 42.1 Å². The minimum absolute atomic E-state index is 0.0541. The number of cyclic esters (lactones) is 1. The molecule has 1 aliphatic rings. The van der Waals surface area contributed by atoms with Gasteiger partial charge in [-0.15, -0.1) is 0 Å². The van der Waals surface area contributed by atoms with E-state index in [0.717, 1.165) is 25.7 Å². The number of carbonyl (C=O) groups is 2. The van der Waals surface area contributed by atoms with E-state index in [1.54, 1.807) is 43.2 Å². The molecule has 152 valence electrons. The highest BCUT2D eigenvalue weighted by atomic mass is 16.6. The van der Waals surface area contributed by atoms with Gasteiger partial charge in [-0.1, -0.05) is 38.8 Å². The molecule has 0 bridgehead atoms. The Kier molecular flexibility index (Phi) is 7.67. The number of hydrogen-bond acceptors (Lipinski definition) is 5. The van der Waals surface area contributed by atoms with Gasteiger partial charge in [0.25, 0.3) is 5.91 Å². The molecule has 0 fully saturated rings. The third kappa shape index (κ3) is 4.74. The van der Waals surface area contributed by atoms with Gasteiger partial charge in [-0.2, -0.15) is 0 Å². The number of benzene rings is 1. The van der Waals surface area contributed by atoms with Crippen molar-refractivity contribution in [3.8, 4) is 5.75 Å². The molecule has 1 aromatic carbocycles. The number of nitrogens with zero attached hydrogens (tertiary/aromatic N) is 1. The summed E-state index contributed by atoms with van der Waals surface area (Å²) in [5.41, 5.74) is 0.799. The van der Waals surface area contributed by atoms with Gasteiger partial charge in [0.15, 0.2) is 11.5 Å². The Balaban J connectivity index is 2.34. The van der Waals surface area contributed by atoms with Crippen LogP contribution in [0.4, 0.5) is 0 Å². The molecule has 0 radical (unpaired) electrons. The van der Waals surface area contributed by atoms with Crippen LogP contribution in [0.5, 0.6) is 5.75 Å². The summed E-state index contributed by atoms with van der Waals surface area (Å²) in [6.07, 6.45) is 3.76. The first-order valence-electron chi connectivity index (χ1n) is 9.74. The summed E-state index contributed by atoms with van der Waals surface area (Å²) in [6, 6.07) is 6.72. The van der Waals surface area contributed by atoms with Crippen molar-refractivity contribution < 1.29 is 24.2 Å². The van der Waals surface area contributed by atoms with Gasteiger partial charge in [-0.3, -0.25) is 4.79 Å². The van der Waals surface area contributed by atoms with Gasteiger partial charge in [0.05, 0.1) is 12.7 Å². The van der Waals surface area contributed by atoms with Crippen LogP contribution < -0.4 is 4.74 Å². The van der Waals surface area contributed by atoms with Crippen LogP contribution in [0, 0.1) is 0 Å². The van der Waals surface area contributed by atoms with Crippen LogP contribution >= 0.6 is 0 Å². The largest absolute Gasteiger partial charge is 0.504 e. The van der Waals surface area contributed by atoms with E-state index in [1.165, 1.54) is 0 Å². The van der Waals surface area contributed by atoms with Crippen LogP contribution in [0.15, 0.2) is 41.4 Å². The second kappa shape index (κ2) is 9.97. The van der Waals surface area contributed by atoms with Gasteiger partial charge >= 0.3 is 5.97 Å². The Morgan fingerprint density at radius 3 is 2.18 bits per heavy atom. The maximum absolute atomic E-state index is 12.9. The molecule has 2 rings (SSSR count). The topological polar surface area (TPSA) is 76.1 Å².